The summed E-state index contributed by atoms with van der Waals surface area (Å²) in [7, 11) is 3.66. The van der Waals surface area contributed by atoms with Crippen LogP contribution in [-0.2, 0) is 6.42 Å². The molecule has 106 valence electrons. The van der Waals surface area contributed by atoms with Crippen LogP contribution in [0.3, 0.4) is 0 Å². The van der Waals surface area contributed by atoms with Gasteiger partial charge < -0.3 is 10.1 Å². The van der Waals surface area contributed by atoms with Gasteiger partial charge in [-0.3, -0.25) is 4.98 Å². The lowest BCUT2D eigenvalue weighted by Gasteiger charge is -2.18. The van der Waals surface area contributed by atoms with Crippen molar-refractivity contribution >= 4 is 15.9 Å². The van der Waals surface area contributed by atoms with Crippen LogP contribution in [0.5, 0.6) is 5.75 Å². The molecule has 20 heavy (non-hydrogen) atoms. The van der Waals surface area contributed by atoms with Gasteiger partial charge in [0.25, 0.3) is 0 Å². The van der Waals surface area contributed by atoms with Gasteiger partial charge in [0.1, 0.15) is 5.75 Å². The third-order valence-electron chi connectivity index (χ3n) is 3.32. The van der Waals surface area contributed by atoms with E-state index in [0.717, 1.165) is 22.3 Å². The molecule has 1 aromatic heterocycles. The van der Waals surface area contributed by atoms with Crippen molar-refractivity contribution in [3.63, 3.8) is 0 Å². The summed E-state index contributed by atoms with van der Waals surface area (Å²) < 4.78 is 6.44. The van der Waals surface area contributed by atoms with Crippen LogP contribution in [0.25, 0.3) is 0 Å². The Labute approximate surface area is 128 Å². The van der Waals surface area contributed by atoms with E-state index in [1.165, 1.54) is 11.1 Å². The van der Waals surface area contributed by atoms with Gasteiger partial charge in [-0.25, -0.2) is 0 Å². The summed E-state index contributed by atoms with van der Waals surface area (Å²) in [6.07, 6.45) is 2.67. The number of pyridine rings is 1. The monoisotopic (exact) mass is 334 g/mol. The second-order valence-corrected chi connectivity index (χ2v) is 5.68. The smallest absolute Gasteiger partial charge is 0.122 e. The zero-order valence-electron chi connectivity index (χ0n) is 12.0. The van der Waals surface area contributed by atoms with Crippen molar-refractivity contribution < 1.29 is 4.74 Å². The Morgan fingerprint density at radius 2 is 2.10 bits per heavy atom. The highest BCUT2D eigenvalue weighted by Gasteiger charge is 2.14. The molecule has 3 nitrogen and oxygen atoms in total. The number of aromatic nitrogens is 1. The predicted octanol–water partition coefficient (Wildman–Crippen LogP) is 3.66. The molecule has 0 saturated heterocycles. The molecule has 2 aromatic rings. The van der Waals surface area contributed by atoms with E-state index >= 15 is 0 Å². The van der Waals surface area contributed by atoms with Gasteiger partial charge in [0.15, 0.2) is 0 Å². The van der Waals surface area contributed by atoms with Gasteiger partial charge in [-0.05, 0) is 60.1 Å². The molecule has 0 bridgehead atoms. The Morgan fingerprint density at radius 3 is 2.70 bits per heavy atom. The molecule has 0 aliphatic carbocycles. The summed E-state index contributed by atoms with van der Waals surface area (Å²) in [5.74, 6) is 0.924. The Hall–Kier alpha value is -1.39. The molecule has 0 spiro atoms. The van der Waals surface area contributed by atoms with Gasteiger partial charge in [-0.2, -0.15) is 0 Å². The minimum Gasteiger partial charge on any atom is -0.496 e. The fourth-order valence-corrected chi connectivity index (χ4v) is 2.47. The zero-order valence-corrected chi connectivity index (χ0v) is 13.6. The average Bonchev–Trinajstić information content (AvgIpc) is 2.46. The first-order valence-corrected chi connectivity index (χ1v) is 7.35. The highest BCUT2D eigenvalue weighted by molar-refractivity contribution is 9.10. The van der Waals surface area contributed by atoms with Crippen LogP contribution in [0, 0.1) is 6.92 Å². The number of hydrogen-bond donors (Lipinski definition) is 1. The number of nitrogens with one attached hydrogen (secondary N) is 1. The minimum absolute atomic E-state index is 0.166. The van der Waals surface area contributed by atoms with E-state index in [0.29, 0.717) is 0 Å². The molecule has 0 fully saturated rings. The number of hydrogen-bond acceptors (Lipinski definition) is 3. The molecule has 1 unspecified atom stereocenters. The van der Waals surface area contributed by atoms with Gasteiger partial charge in [0, 0.05) is 10.7 Å². The number of rotatable bonds is 5. The Morgan fingerprint density at radius 1 is 1.30 bits per heavy atom. The molecule has 2 rings (SSSR count). The van der Waals surface area contributed by atoms with Gasteiger partial charge in [0.2, 0.25) is 0 Å². The summed E-state index contributed by atoms with van der Waals surface area (Å²) in [5, 5.41) is 3.32. The molecule has 0 aliphatic heterocycles. The molecular formula is C16H19BrN2O. The minimum atomic E-state index is 0.166. The second-order valence-electron chi connectivity index (χ2n) is 4.76. The van der Waals surface area contributed by atoms with Crippen LogP contribution >= 0.6 is 15.9 Å². The van der Waals surface area contributed by atoms with Gasteiger partial charge in [0.05, 0.1) is 18.8 Å². The molecule has 0 saturated carbocycles. The summed E-state index contributed by atoms with van der Waals surface area (Å²) in [5.41, 5.74) is 3.45. The number of likely N-dealkylation sites (N-methyl/N-ethyl adjacent to an activating group) is 1. The van der Waals surface area contributed by atoms with Gasteiger partial charge >= 0.3 is 0 Å². The van der Waals surface area contributed by atoms with E-state index in [2.05, 4.69) is 45.3 Å². The summed E-state index contributed by atoms with van der Waals surface area (Å²) in [6.45, 7) is 2.09. The molecular weight excluding hydrogens is 316 g/mol. The van der Waals surface area contributed by atoms with Crippen molar-refractivity contribution in [2.75, 3.05) is 14.2 Å². The molecule has 0 amide bonds. The lowest BCUT2D eigenvalue weighted by Crippen LogP contribution is -2.20. The van der Waals surface area contributed by atoms with Crippen LogP contribution in [0.15, 0.2) is 41.0 Å². The SMILES string of the molecule is CNC(Cc1cc(C)ccc1OC)c1ccc(Br)cn1. The molecule has 0 radical (unpaired) electrons. The Bertz CT molecular complexity index is 569. The molecule has 1 aromatic carbocycles. The van der Waals surface area contributed by atoms with E-state index < -0.39 is 0 Å². The number of ether oxygens (including phenoxy) is 1. The first-order valence-electron chi connectivity index (χ1n) is 6.56. The van der Waals surface area contributed by atoms with Crippen molar-refractivity contribution in [2.45, 2.75) is 19.4 Å². The van der Waals surface area contributed by atoms with Crippen LogP contribution in [0.1, 0.15) is 22.9 Å². The van der Waals surface area contributed by atoms with Crippen molar-refractivity contribution in [3.8, 4) is 5.75 Å². The van der Waals surface area contributed by atoms with E-state index in [1.54, 1.807) is 7.11 Å². The molecule has 0 aliphatic rings. The number of aryl methyl sites for hydroxylation is 1. The second kappa shape index (κ2) is 6.86. The van der Waals surface area contributed by atoms with E-state index in [4.69, 9.17) is 4.74 Å². The number of halogens is 1. The third kappa shape index (κ3) is 3.58. The largest absolute Gasteiger partial charge is 0.496 e. The third-order valence-corrected chi connectivity index (χ3v) is 3.78. The molecule has 1 heterocycles. The van der Waals surface area contributed by atoms with Crippen LogP contribution in [0.4, 0.5) is 0 Å². The maximum atomic E-state index is 5.45. The first-order chi connectivity index (χ1) is 9.63. The first kappa shape index (κ1) is 15.0. The maximum absolute atomic E-state index is 5.45. The maximum Gasteiger partial charge on any atom is 0.122 e. The average molecular weight is 335 g/mol. The fraction of sp³-hybridized carbons (Fsp3) is 0.312. The summed E-state index contributed by atoms with van der Waals surface area (Å²) in [4.78, 5) is 4.47. The Balaban J connectivity index is 2.26. The lowest BCUT2D eigenvalue weighted by molar-refractivity contribution is 0.406. The quantitative estimate of drug-likeness (QED) is 0.905. The highest BCUT2D eigenvalue weighted by Crippen LogP contribution is 2.25. The predicted molar refractivity (Wildman–Crippen MR) is 85.2 cm³/mol. The summed E-state index contributed by atoms with van der Waals surface area (Å²) in [6, 6.07) is 10.5. The topological polar surface area (TPSA) is 34.1 Å². The van der Waals surface area contributed by atoms with Gasteiger partial charge in [-0.15, -0.1) is 0 Å². The molecule has 1 N–H and O–H groups in total. The van der Waals surface area contributed by atoms with Crippen LogP contribution in [-0.4, -0.2) is 19.1 Å². The van der Waals surface area contributed by atoms with Crippen molar-refractivity contribution in [1.29, 1.82) is 0 Å². The van der Waals surface area contributed by atoms with Crippen LogP contribution < -0.4 is 10.1 Å². The van der Waals surface area contributed by atoms with E-state index in [9.17, 15) is 0 Å². The van der Waals surface area contributed by atoms with Crippen molar-refractivity contribution in [2.24, 2.45) is 0 Å². The highest BCUT2D eigenvalue weighted by atomic mass is 79.9. The number of nitrogens with zero attached hydrogens (tertiary/aromatic N) is 1. The Kier molecular flexibility index (Phi) is 5.15. The zero-order chi connectivity index (χ0) is 14.5. The lowest BCUT2D eigenvalue weighted by atomic mass is 10.0. The van der Waals surface area contributed by atoms with E-state index in [-0.39, 0.29) is 6.04 Å². The molecule has 1 atom stereocenters. The number of methoxy groups -OCH3 is 1. The fourth-order valence-electron chi connectivity index (χ4n) is 2.23. The van der Waals surface area contributed by atoms with Crippen molar-refractivity contribution in [1.82, 2.24) is 10.3 Å². The van der Waals surface area contributed by atoms with Gasteiger partial charge in [-0.1, -0.05) is 17.7 Å². The number of benzene rings is 1. The molecule has 4 heteroatoms. The summed E-state index contributed by atoms with van der Waals surface area (Å²) >= 11 is 3.41. The standard InChI is InChI=1S/C16H19BrN2O/c1-11-4-7-16(20-3)12(8-11)9-15(18-2)14-6-5-13(17)10-19-14/h4-8,10,15,18H,9H2,1-3H3. The normalized spacial score (nSPS) is 12.2. The van der Waals surface area contributed by atoms with E-state index in [1.807, 2.05) is 31.4 Å². The van der Waals surface area contributed by atoms with Crippen LogP contribution in [0.2, 0.25) is 0 Å². The van der Waals surface area contributed by atoms with Crippen molar-refractivity contribution in [3.05, 3.63) is 57.8 Å².